The van der Waals surface area contributed by atoms with Gasteiger partial charge in [0.05, 0.1) is 34.3 Å². The quantitative estimate of drug-likeness (QED) is 0.639. The highest BCUT2D eigenvalue weighted by atomic mass is 32.1. The zero-order valence-corrected chi connectivity index (χ0v) is 17.6. The van der Waals surface area contributed by atoms with Crippen molar-refractivity contribution in [1.82, 2.24) is 4.57 Å². The van der Waals surface area contributed by atoms with Crippen LogP contribution in [-0.4, -0.2) is 17.1 Å². The van der Waals surface area contributed by atoms with E-state index in [9.17, 15) is 14.9 Å². The number of fused-ring (bicyclic) bond motifs is 1. The van der Waals surface area contributed by atoms with Crippen LogP contribution in [0.1, 0.15) is 24.0 Å². The van der Waals surface area contributed by atoms with Crippen molar-refractivity contribution in [2.75, 3.05) is 6.61 Å². The van der Waals surface area contributed by atoms with Crippen LogP contribution in [-0.2, 0) is 9.53 Å². The van der Waals surface area contributed by atoms with Crippen molar-refractivity contribution in [3.63, 3.8) is 0 Å². The van der Waals surface area contributed by atoms with Crippen molar-refractivity contribution in [2.24, 2.45) is 5.73 Å². The van der Waals surface area contributed by atoms with E-state index in [1.54, 1.807) is 13.0 Å². The maximum Gasteiger partial charge on any atom is 0.338 e. The molecule has 31 heavy (non-hydrogen) atoms. The molecule has 2 heterocycles. The first kappa shape index (κ1) is 20.4. The van der Waals surface area contributed by atoms with Crippen LogP contribution in [0.5, 0.6) is 0 Å². The summed E-state index contributed by atoms with van der Waals surface area (Å²) in [5, 5.41) is 10.1. The van der Waals surface area contributed by atoms with E-state index in [4.69, 9.17) is 10.5 Å². The first-order chi connectivity index (χ1) is 15.1. The second-order valence-corrected chi connectivity index (χ2v) is 7.89. The van der Waals surface area contributed by atoms with E-state index in [0.717, 1.165) is 11.1 Å². The van der Waals surface area contributed by atoms with Crippen molar-refractivity contribution in [2.45, 2.75) is 12.8 Å². The van der Waals surface area contributed by atoms with Gasteiger partial charge in [-0.3, -0.25) is 9.36 Å². The standard InChI is InChI=1S/C24H19N3O3S/c1-2-30-24(29)20-19(16-11-7-4-8-12-16)17(14-25)23-27(21(20)26)22(28)18(31-23)13-15-9-5-3-6-10-15/h3-13,19H,2,26H2,1H3/b18-13+/t19-/m0/s1. The van der Waals surface area contributed by atoms with Gasteiger partial charge >= 0.3 is 5.97 Å². The molecule has 2 aromatic carbocycles. The number of esters is 1. The molecule has 0 aliphatic carbocycles. The molecule has 1 aromatic heterocycles. The van der Waals surface area contributed by atoms with Gasteiger partial charge in [-0.05, 0) is 24.1 Å². The Morgan fingerprint density at radius 2 is 1.84 bits per heavy atom. The minimum atomic E-state index is -0.715. The smallest absolute Gasteiger partial charge is 0.338 e. The normalized spacial score (nSPS) is 16.1. The highest BCUT2D eigenvalue weighted by Gasteiger charge is 2.36. The fraction of sp³-hybridized carbons (Fsp3) is 0.125. The molecule has 0 unspecified atom stereocenters. The van der Waals surface area contributed by atoms with Crippen LogP contribution in [0.3, 0.4) is 0 Å². The van der Waals surface area contributed by atoms with Gasteiger partial charge in [0.2, 0.25) is 0 Å². The lowest BCUT2D eigenvalue weighted by molar-refractivity contribution is -0.138. The molecule has 1 aliphatic heterocycles. The van der Waals surface area contributed by atoms with Crippen LogP contribution in [0.15, 0.2) is 71.0 Å². The molecule has 0 saturated carbocycles. The van der Waals surface area contributed by atoms with E-state index in [0.29, 0.717) is 14.8 Å². The summed E-state index contributed by atoms with van der Waals surface area (Å²) >= 11 is 1.19. The van der Waals surface area contributed by atoms with Crippen LogP contribution < -0.4 is 20.5 Å². The second-order valence-electron chi connectivity index (χ2n) is 6.86. The van der Waals surface area contributed by atoms with Gasteiger partial charge in [-0.1, -0.05) is 60.7 Å². The summed E-state index contributed by atoms with van der Waals surface area (Å²) in [5.74, 6) is -1.36. The summed E-state index contributed by atoms with van der Waals surface area (Å²) in [6.07, 6.45) is 1.75. The zero-order valence-electron chi connectivity index (χ0n) is 16.7. The van der Waals surface area contributed by atoms with Gasteiger partial charge in [0.25, 0.3) is 5.56 Å². The van der Waals surface area contributed by atoms with Crippen LogP contribution in [0, 0.1) is 11.3 Å². The lowest BCUT2D eigenvalue weighted by atomic mass is 9.84. The Balaban J connectivity index is 2.07. The number of carbonyl (C=O) groups is 1. The zero-order chi connectivity index (χ0) is 22.0. The van der Waals surface area contributed by atoms with Crippen molar-refractivity contribution in [3.05, 3.63) is 96.9 Å². The van der Waals surface area contributed by atoms with E-state index in [-0.39, 0.29) is 23.6 Å². The molecule has 0 fully saturated rings. The third-order valence-corrected chi connectivity index (χ3v) is 6.10. The summed E-state index contributed by atoms with van der Waals surface area (Å²) in [6.45, 7) is 1.84. The van der Waals surface area contributed by atoms with Crippen LogP contribution in [0.25, 0.3) is 17.5 Å². The van der Waals surface area contributed by atoms with Crippen molar-refractivity contribution >= 4 is 34.8 Å². The summed E-state index contributed by atoms with van der Waals surface area (Å²) in [7, 11) is 0. The molecule has 154 valence electrons. The molecule has 0 radical (unpaired) electrons. The molecular weight excluding hydrogens is 410 g/mol. The van der Waals surface area contributed by atoms with E-state index >= 15 is 0 Å². The summed E-state index contributed by atoms with van der Waals surface area (Å²) in [6, 6.07) is 20.8. The highest BCUT2D eigenvalue weighted by Crippen LogP contribution is 2.36. The van der Waals surface area contributed by atoms with Gasteiger partial charge in [-0.15, -0.1) is 11.3 Å². The molecule has 0 amide bonds. The third kappa shape index (κ3) is 3.58. The largest absolute Gasteiger partial charge is 0.463 e. The highest BCUT2D eigenvalue weighted by molar-refractivity contribution is 7.07. The number of benzene rings is 2. The predicted molar refractivity (Wildman–Crippen MR) is 120 cm³/mol. The minimum absolute atomic E-state index is 0.00438. The monoisotopic (exact) mass is 429 g/mol. The SMILES string of the molecule is CCOC(=O)C1=C(N)n2c(s/c(=C/c3ccccc3)c2=O)=C(C#N)[C@@H]1c1ccccc1. The maximum absolute atomic E-state index is 13.2. The van der Waals surface area contributed by atoms with Gasteiger partial charge in [0, 0.05) is 0 Å². The fourth-order valence-corrected chi connectivity index (χ4v) is 4.77. The summed E-state index contributed by atoms with van der Waals surface area (Å²) < 4.78 is 7.34. The molecule has 7 heteroatoms. The minimum Gasteiger partial charge on any atom is -0.463 e. The molecule has 1 atom stereocenters. The molecule has 4 rings (SSSR count). The van der Waals surface area contributed by atoms with Gasteiger partial charge in [0.15, 0.2) is 0 Å². The number of aromatic nitrogens is 1. The Hall–Kier alpha value is -3.89. The third-order valence-electron chi connectivity index (χ3n) is 4.99. The maximum atomic E-state index is 13.2. The van der Waals surface area contributed by atoms with Gasteiger partial charge in [-0.25, -0.2) is 4.79 Å². The van der Waals surface area contributed by atoms with Gasteiger partial charge < -0.3 is 10.5 Å². The molecule has 2 N–H and O–H groups in total. The first-order valence-corrected chi connectivity index (χ1v) is 10.5. The van der Waals surface area contributed by atoms with Crippen molar-refractivity contribution in [3.8, 4) is 6.07 Å². The molecule has 6 nitrogen and oxygen atoms in total. The molecule has 0 saturated heterocycles. The number of rotatable bonds is 4. The fourth-order valence-electron chi connectivity index (χ4n) is 3.64. The average molecular weight is 430 g/mol. The molecule has 3 aromatic rings. The lowest BCUT2D eigenvalue weighted by Crippen LogP contribution is -2.40. The van der Waals surface area contributed by atoms with E-state index in [2.05, 4.69) is 6.07 Å². The number of carbonyl (C=O) groups excluding carboxylic acids is 1. The van der Waals surface area contributed by atoms with Crippen LogP contribution >= 0.6 is 11.3 Å². The number of nitrogens with two attached hydrogens (primary N) is 1. The first-order valence-electron chi connectivity index (χ1n) is 9.71. The van der Waals surface area contributed by atoms with Crippen molar-refractivity contribution in [1.29, 1.82) is 5.26 Å². The number of nitrogens with zero attached hydrogens (tertiary/aromatic N) is 2. The predicted octanol–water partition coefficient (Wildman–Crippen LogP) is 1.90. The number of hydrogen-bond donors (Lipinski definition) is 1. The molecule has 0 spiro atoms. The average Bonchev–Trinajstić information content (AvgIpc) is 3.11. The van der Waals surface area contributed by atoms with E-state index in [1.165, 1.54) is 15.9 Å². The van der Waals surface area contributed by atoms with E-state index < -0.39 is 11.9 Å². The number of thiazole rings is 1. The Bertz CT molecular complexity index is 1390. The lowest BCUT2D eigenvalue weighted by Gasteiger charge is -2.25. The summed E-state index contributed by atoms with van der Waals surface area (Å²) in [5.41, 5.74) is 7.98. The second kappa shape index (κ2) is 8.46. The van der Waals surface area contributed by atoms with Crippen molar-refractivity contribution < 1.29 is 9.53 Å². The van der Waals surface area contributed by atoms with Crippen LogP contribution in [0.4, 0.5) is 0 Å². The van der Waals surface area contributed by atoms with E-state index in [1.807, 2.05) is 60.7 Å². The van der Waals surface area contributed by atoms with Crippen LogP contribution in [0.2, 0.25) is 0 Å². The Kier molecular flexibility index (Phi) is 5.56. The van der Waals surface area contributed by atoms with Gasteiger partial charge in [-0.2, -0.15) is 5.26 Å². The summed E-state index contributed by atoms with van der Waals surface area (Å²) in [4.78, 5) is 26.1. The Morgan fingerprint density at radius 3 is 2.45 bits per heavy atom. The number of hydrogen-bond acceptors (Lipinski definition) is 6. The molecular formula is C24H19N3O3S. The Labute approximate surface area is 182 Å². The number of ether oxygens (including phenoxy) is 1. The van der Waals surface area contributed by atoms with Gasteiger partial charge in [0.1, 0.15) is 10.5 Å². The molecule has 1 aliphatic rings. The Morgan fingerprint density at radius 1 is 1.19 bits per heavy atom. The topological polar surface area (TPSA) is 98.1 Å². The molecule has 0 bridgehead atoms. The number of nitriles is 1.